The van der Waals surface area contributed by atoms with Crippen molar-refractivity contribution >= 4 is 0 Å². The zero-order chi connectivity index (χ0) is 15.2. The van der Waals surface area contributed by atoms with Crippen molar-refractivity contribution in [2.24, 2.45) is 5.73 Å². The minimum atomic E-state index is -0.338. The highest BCUT2D eigenvalue weighted by atomic mass is 19.1. The summed E-state index contributed by atoms with van der Waals surface area (Å²) in [5.74, 6) is 0.949. The number of aryl methyl sites for hydroxylation is 1. The zero-order valence-corrected chi connectivity index (χ0v) is 12.3. The Hall–Kier alpha value is -2.07. The molecule has 0 aliphatic rings. The average molecular weight is 289 g/mol. The number of benzene rings is 2. The number of para-hydroxylation sites is 1. The molecule has 21 heavy (non-hydrogen) atoms. The SMILES string of the molecule is CCOc1ccccc1C(N)COc1cc(F)ccc1C. The fraction of sp³-hybridized carbons (Fsp3) is 0.294. The van der Waals surface area contributed by atoms with Crippen LogP contribution in [0.5, 0.6) is 11.5 Å². The fourth-order valence-electron chi connectivity index (χ4n) is 2.07. The van der Waals surface area contributed by atoms with Crippen molar-refractivity contribution in [3.63, 3.8) is 0 Å². The molecule has 0 bridgehead atoms. The maximum Gasteiger partial charge on any atom is 0.126 e. The van der Waals surface area contributed by atoms with Crippen molar-refractivity contribution in [1.29, 1.82) is 0 Å². The van der Waals surface area contributed by atoms with Crippen LogP contribution < -0.4 is 15.2 Å². The molecular formula is C17H20FNO2. The summed E-state index contributed by atoms with van der Waals surface area (Å²) in [6.07, 6.45) is 0. The molecule has 0 spiro atoms. The monoisotopic (exact) mass is 289 g/mol. The van der Waals surface area contributed by atoms with Crippen LogP contribution in [0.15, 0.2) is 42.5 Å². The Balaban J connectivity index is 2.08. The van der Waals surface area contributed by atoms with Crippen molar-refractivity contribution in [3.05, 3.63) is 59.4 Å². The van der Waals surface area contributed by atoms with E-state index in [0.717, 1.165) is 16.9 Å². The fourth-order valence-corrected chi connectivity index (χ4v) is 2.07. The summed E-state index contributed by atoms with van der Waals surface area (Å²) < 4.78 is 24.4. The molecule has 2 rings (SSSR count). The molecule has 0 amide bonds. The first kappa shape index (κ1) is 15.3. The maximum absolute atomic E-state index is 13.2. The molecule has 3 nitrogen and oxygen atoms in total. The standard InChI is InChI=1S/C17H20FNO2/c1-3-20-16-7-5-4-6-14(16)15(19)11-21-17-10-13(18)9-8-12(17)2/h4-10,15H,3,11,19H2,1-2H3. The van der Waals surface area contributed by atoms with E-state index >= 15 is 0 Å². The molecule has 0 saturated carbocycles. The quantitative estimate of drug-likeness (QED) is 0.883. The third-order valence-corrected chi connectivity index (χ3v) is 3.19. The molecule has 0 fully saturated rings. The topological polar surface area (TPSA) is 44.5 Å². The third kappa shape index (κ3) is 3.95. The minimum Gasteiger partial charge on any atom is -0.494 e. The second-order valence-corrected chi connectivity index (χ2v) is 4.80. The second-order valence-electron chi connectivity index (χ2n) is 4.80. The van der Waals surface area contributed by atoms with Crippen molar-refractivity contribution in [1.82, 2.24) is 0 Å². The van der Waals surface area contributed by atoms with Gasteiger partial charge in [0.05, 0.1) is 12.6 Å². The third-order valence-electron chi connectivity index (χ3n) is 3.19. The number of rotatable bonds is 6. The first-order valence-electron chi connectivity index (χ1n) is 6.98. The second kappa shape index (κ2) is 7.09. The first-order valence-corrected chi connectivity index (χ1v) is 6.98. The zero-order valence-electron chi connectivity index (χ0n) is 12.3. The first-order chi connectivity index (χ1) is 10.1. The van der Waals surface area contributed by atoms with Crippen LogP contribution in [0, 0.1) is 12.7 Å². The minimum absolute atomic E-state index is 0.258. The lowest BCUT2D eigenvalue weighted by Crippen LogP contribution is -2.20. The number of halogens is 1. The van der Waals surface area contributed by atoms with Gasteiger partial charge in [-0.1, -0.05) is 24.3 Å². The van der Waals surface area contributed by atoms with E-state index < -0.39 is 0 Å². The lowest BCUT2D eigenvalue weighted by atomic mass is 10.1. The summed E-state index contributed by atoms with van der Waals surface area (Å²) in [4.78, 5) is 0. The summed E-state index contributed by atoms with van der Waals surface area (Å²) in [7, 11) is 0. The van der Waals surface area contributed by atoms with E-state index in [1.54, 1.807) is 6.07 Å². The van der Waals surface area contributed by atoms with Gasteiger partial charge in [-0.25, -0.2) is 4.39 Å². The van der Waals surface area contributed by atoms with E-state index in [0.29, 0.717) is 12.4 Å². The van der Waals surface area contributed by atoms with Crippen molar-refractivity contribution < 1.29 is 13.9 Å². The normalized spacial score (nSPS) is 12.0. The van der Waals surface area contributed by atoms with E-state index in [1.165, 1.54) is 12.1 Å². The number of nitrogens with two attached hydrogens (primary N) is 1. The predicted octanol–water partition coefficient (Wildman–Crippen LogP) is 3.61. The van der Waals surface area contributed by atoms with Crippen LogP contribution in [0.1, 0.15) is 24.1 Å². The van der Waals surface area contributed by atoms with Gasteiger partial charge in [-0.3, -0.25) is 0 Å². The van der Waals surface area contributed by atoms with Gasteiger partial charge in [-0.2, -0.15) is 0 Å². The summed E-state index contributed by atoms with van der Waals surface area (Å²) >= 11 is 0. The number of ether oxygens (including phenoxy) is 2. The Labute approximate surface area is 124 Å². The molecule has 2 aromatic carbocycles. The van der Waals surface area contributed by atoms with Crippen molar-refractivity contribution in [2.45, 2.75) is 19.9 Å². The number of hydrogen-bond donors (Lipinski definition) is 1. The summed E-state index contributed by atoms with van der Waals surface area (Å²) in [5.41, 5.74) is 7.92. The lowest BCUT2D eigenvalue weighted by molar-refractivity contribution is 0.279. The highest BCUT2D eigenvalue weighted by Gasteiger charge is 2.13. The molecule has 1 atom stereocenters. The van der Waals surface area contributed by atoms with E-state index in [1.807, 2.05) is 38.1 Å². The summed E-state index contributed by atoms with van der Waals surface area (Å²) in [6, 6.07) is 11.7. The van der Waals surface area contributed by atoms with Gasteiger partial charge >= 0.3 is 0 Å². The molecule has 0 saturated heterocycles. The van der Waals surface area contributed by atoms with Gasteiger partial charge in [0, 0.05) is 11.6 Å². The van der Waals surface area contributed by atoms with Crippen LogP contribution in [0.3, 0.4) is 0 Å². The molecule has 2 aromatic rings. The molecule has 0 aliphatic heterocycles. The average Bonchev–Trinajstić information content (AvgIpc) is 2.49. The Morgan fingerprint density at radius 1 is 1.10 bits per heavy atom. The highest BCUT2D eigenvalue weighted by Crippen LogP contribution is 2.25. The van der Waals surface area contributed by atoms with Crippen LogP contribution in [0.25, 0.3) is 0 Å². The van der Waals surface area contributed by atoms with E-state index in [-0.39, 0.29) is 18.5 Å². The van der Waals surface area contributed by atoms with Crippen LogP contribution >= 0.6 is 0 Å². The largest absolute Gasteiger partial charge is 0.494 e. The molecule has 0 radical (unpaired) electrons. The summed E-state index contributed by atoms with van der Waals surface area (Å²) in [6.45, 7) is 4.63. The maximum atomic E-state index is 13.2. The van der Waals surface area contributed by atoms with Gasteiger partial charge in [-0.15, -0.1) is 0 Å². The Kier molecular flexibility index (Phi) is 5.17. The number of hydrogen-bond acceptors (Lipinski definition) is 3. The Morgan fingerprint density at radius 2 is 1.86 bits per heavy atom. The van der Waals surface area contributed by atoms with Gasteiger partial charge in [-0.05, 0) is 31.5 Å². The van der Waals surface area contributed by atoms with E-state index in [2.05, 4.69) is 0 Å². The van der Waals surface area contributed by atoms with Gasteiger partial charge in [0.15, 0.2) is 0 Å². The van der Waals surface area contributed by atoms with E-state index in [9.17, 15) is 4.39 Å². The Morgan fingerprint density at radius 3 is 2.62 bits per heavy atom. The Bertz CT molecular complexity index is 601. The lowest BCUT2D eigenvalue weighted by Gasteiger charge is -2.18. The molecule has 0 aliphatic carbocycles. The van der Waals surface area contributed by atoms with E-state index in [4.69, 9.17) is 15.2 Å². The van der Waals surface area contributed by atoms with Crippen LogP contribution in [0.2, 0.25) is 0 Å². The summed E-state index contributed by atoms with van der Waals surface area (Å²) in [5, 5.41) is 0. The van der Waals surface area contributed by atoms with Crippen molar-refractivity contribution in [3.8, 4) is 11.5 Å². The molecule has 0 aromatic heterocycles. The van der Waals surface area contributed by atoms with Gasteiger partial charge in [0.2, 0.25) is 0 Å². The highest BCUT2D eigenvalue weighted by molar-refractivity contribution is 5.36. The molecule has 1 unspecified atom stereocenters. The molecular weight excluding hydrogens is 269 g/mol. The molecule has 112 valence electrons. The van der Waals surface area contributed by atoms with Crippen LogP contribution in [-0.4, -0.2) is 13.2 Å². The van der Waals surface area contributed by atoms with Crippen LogP contribution in [0.4, 0.5) is 4.39 Å². The molecule has 4 heteroatoms. The van der Waals surface area contributed by atoms with Crippen LogP contribution in [-0.2, 0) is 0 Å². The van der Waals surface area contributed by atoms with Gasteiger partial charge in [0.25, 0.3) is 0 Å². The van der Waals surface area contributed by atoms with Gasteiger partial charge in [0.1, 0.15) is 23.9 Å². The van der Waals surface area contributed by atoms with Gasteiger partial charge < -0.3 is 15.2 Å². The molecule has 2 N–H and O–H groups in total. The predicted molar refractivity (Wildman–Crippen MR) is 81.2 cm³/mol. The molecule has 0 heterocycles. The van der Waals surface area contributed by atoms with Crippen molar-refractivity contribution in [2.75, 3.05) is 13.2 Å². The smallest absolute Gasteiger partial charge is 0.126 e.